The predicted octanol–water partition coefficient (Wildman–Crippen LogP) is 0.826. The van der Waals surface area contributed by atoms with Gasteiger partial charge in [-0.15, -0.1) is 11.6 Å². The third-order valence-electron chi connectivity index (χ3n) is 0.655. The van der Waals surface area contributed by atoms with Gasteiger partial charge in [-0.2, -0.15) is 0 Å². The van der Waals surface area contributed by atoms with E-state index in [2.05, 4.69) is 6.58 Å². The molecule has 0 spiro atoms. The van der Waals surface area contributed by atoms with Crippen LogP contribution < -0.4 is 0 Å². The Kier molecular flexibility index (Phi) is 3.22. The Bertz CT molecular complexity index is 193. The minimum absolute atomic E-state index is 0.00347. The molecule has 0 unspecified atom stereocenters. The fourth-order valence-electron chi connectivity index (χ4n) is 0.409. The molecule has 0 aliphatic heterocycles. The van der Waals surface area contributed by atoms with Gasteiger partial charge < -0.3 is 0 Å². The van der Waals surface area contributed by atoms with Gasteiger partial charge in [0, 0.05) is 12.1 Å². The monoisotopic (exact) mass is 168 g/mol. The quantitative estimate of drug-likeness (QED) is 0.462. The maximum Gasteiger partial charge on any atom is 0.151 e. The molecular formula is C5H9ClO2S. The molecule has 54 valence electrons. The van der Waals surface area contributed by atoms with E-state index in [1.165, 1.54) is 0 Å². The van der Waals surface area contributed by atoms with Gasteiger partial charge in [-0.1, -0.05) is 6.58 Å². The molecule has 0 aliphatic carbocycles. The summed E-state index contributed by atoms with van der Waals surface area (Å²) in [7, 11) is -2.92. The molecule has 0 aromatic heterocycles. The summed E-state index contributed by atoms with van der Waals surface area (Å²) in [6, 6.07) is 0. The molecule has 0 aromatic carbocycles. The first kappa shape index (κ1) is 8.98. The van der Waals surface area contributed by atoms with Crippen molar-refractivity contribution in [2.24, 2.45) is 0 Å². The average molecular weight is 169 g/mol. The highest BCUT2D eigenvalue weighted by atomic mass is 35.5. The molecule has 0 saturated carbocycles. The Morgan fingerprint density at radius 2 is 2.11 bits per heavy atom. The number of alkyl halides is 1. The smallest absolute Gasteiger partial charge is 0.151 e. The Morgan fingerprint density at radius 3 is 2.22 bits per heavy atom. The Morgan fingerprint density at radius 1 is 1.67 bits per heavy atom. The van der Waals surface area contributed by atoms with Gasteiger partial charge in [0.1, 0.15) is 0 Å². The summed E-state index contributed by atoms with van der Waals surface area (Å²) in [5.74, 6) is 0.212. The van der Waals surface area contributed by atoms with Crippen molar-refractivity contribution in [3.05, 3.63) is 12.2 Å². The minimum atomic E-state index is -2.92. The fourth-order valence-corrected chi connectivity index (χ4v) is 1.46. The summed E-state index contributed by atoms with van der Waals surface area (Å²) in [5, 5.41) is 0. The molecule has 0 heterocycles. The van der Waals surface area contributed by atoms with Gasteiger partial charge in [-0.25, -0.2) is 8.42 Å². The topological polar surface area (TPSA) is 34.1 Å². The molecule has 0 atom stereocenters. The average Bonchev–Trinajstić information content (AvgIpc) is 1.62. The van der Waals surface area contributed by atoms with Gasteiger partial charge in [-0.3, -0.25) is 0 Å². The molecule has 9 heavy (non-hydrogen) atoms. The predicted molar refractivity (Wildman–Crippen MR) is 39.6 cm³/mol. The first-order valence-corrected chi connectivity index (χ1v) is 4.95. The molecule has 0 aromatic rings. The number of hydrogen-bond donors (Lipinski definition) is 0. The van der Waals surface area contributed by atoms with E-state index in [0.717, 1.165) is 6.26 Å². The molecule has 2 nitrogen and oxygen atoms in total. The third-order valence-corrected chi connectivity index (χ3v) is 1.97. The van der Waals surface area contributed by atoms with Crippen molar-refractivity contribution in [3.8, 4) is 0 Å². The second-order valence-corrected chi connectivity index (χ2v) is 4.36. The van der Waals surface area contributed by atoms with Crippen molar-refractivity contribution in [1.29, 1.82) is 0 Å². The molecule has 0 radical (unpaired) electrons. The summed E-state index contributed by atoms with van der Waals surface area (Å²) in [5.41, 5.74) is 0.541. The highest BCUT2D eigenvalue weighted by molar-refractivity contribution is 7.90. The van der Waals surface area contributed by atoms with Crippen LogP contribution in [0.15, 0.2) is 12.2 Å². The SMILES string of the molecule is C=C(CCl)CS(C)(=O)=O. The van der Waals surface area contributed by atoms with E-state index in [0.29, 0.717) is 5.57 Å². The summed E-state index contributed by atoms with van der Waals surface area (Å²) >= 11 is 5.29. The lowest BCUT2D eigenvalue weighted by molar-refractivity contribution is 0.604. The Hall–Kier alpha value is -0.0200. The molecule has 0 bridgehead atoms. The van der Waals surface area contributed by atoms with E-state index >= 15 is 0 Å². The lowest BCUT2D eigenvalue weighted by Crippen LogP contribution is -2.05. The summed E-state index contributed by atoms with van der Waals surface area (Å²) in [6.45, 7) is 3.45. The van der Waals surface area contributed by atoms with Gasteiger partial charge in [0.05, 0.1) is 5.75 Å². The van der Waals surface area contributed by atoms with Gasteiger partial charge in [-0.05, 0) is 5.57 Å². The van der Waals surface area contributed by atoms with E-state index in [-0.39, 0.29) is 11.6 Å². The zero-order valence-electron chi connectivity index (χ0n) is 5.22. The van der Waals surface area contributed by atoms with Gasteiger partial charge >= 0.3 is 0 Å². The minimum Gasteiger partial charge on any atom is -0.229 e. The first-order chi connectivity index (χ1) is 3.95. The van der Waals surface area contributed by atoms with Crippen LogP contribution in [0.3, 0.4) is 0 Å². The summed E-state index contributed by atoms with van der Waals surface area (Å²) < 4.78 is 21.0. The standard InChI is InChI=1S/C5H9ClO2S/c1-5(3-6)4-9(2,7)8/h1,3-4H2,2H3. The highest BCUT2D eigenvalue weighted by Crippen LogP contribution is 1.97. The van der Waals surface area contributed by atoms with Crippen LogP contribution in [0.5, 0.6) is 0 Å². The van der Waals surface area contributed by atoms with Crippen LogP contribution in [0.25, 0.3) is 0 Å². The van der Waals surface area contributed by atoms with E-state index in [1.54, 1.807) is 0 Å². The molecular weight excluding hydrogens is 160 g/mol. The Labute approximate surface area is 60.4 Å². The van der Waals surface area contributed by atoms with Crippen LogP contribution in [0.4, 0.5) is 0 Å². The second kappa shape index (κ2) is 3.22. The maximum absolute atomic E-state index is 10.5. The fraction of sp³-hybridized carbons (Fsp3) is 0.600. The van der Waals surface area contributed by atoms with Crippen molar-refractivity contribution in [2.45, 2.75) is 0 Å². The van der Waals surface area contributed by atoms with Crippen molar-refractivity contribution in [2.75, 3.05) is 17.9 Å². The van der Waals surface area contributed by atoms with Gasteiger partial charge in [0.2, 0.25) is 0 Å². The lowest BCUT2D eigenvalue weighted by atomic mass is 10.4. The number of sulfone groups is 1. The zero-order chi connectivity index (χ0) is 7.49. The summed E-state index contributed by atoms with van der Waals surface area (Å²) in [6.07, 6.45) is 1.16. The number of halogens is 1. The molecule has 0 N–H and O–H groups in total. The molecule has 0 fully saturated rings. The molecule has 4 heteroatoms. The third kappa shape index (κ3) is 5.86. The molecule has 0 rings (SSSR count). The van der Waals surface area contributed by atoms with Crippen molar-refractivity contribution in [1.82, 2.24) is 0 Å². The van der Waals surface area contributed by atoms with E-state index in [9.17, 15) is 8.42 Å². The molecule has 0 aliphatic rings. The highest BCUT2D eigenvalue weighted by Gasteiger charge is 2.02. The molecule has 0 amide bonds. The van der Waals surface area contributed by atoms with E-state index < -0.39 is 9.84 Å². The van der Waals surface area contributed by atoms with Crippen LogP contribution >= 0.6 is 11.6 Å². The van der Waals surface area contributed by atoms with Crippen LogP contribution in [-0.2, 0) is 9.84 Å². The largest absolute Gasteiger partial charge is 0.229 e. The first-order valence-electron chi connectivity index (χ1n) is 2.36. The van der Waals surface area contributed by atoms with Crippen molar-refractivity contribution in [3.63, 3.8) is 0 Å². The van der Waals surface area contributed by atoms with Gasteiger partial charge in [0.15, 0.2) is 9.84 Å². The zero-order valence-corrected chi connectivity index (χ0v) is 6.80. The van der Waals surface area contributed by atoms with Gasteiger partial charge in [0.25, 0.3) is 0 Å². The van der Waals surface area contributed by atoms with E-state index in [1.807, 2.05) is 0 Å². The summed E-state index contributed by atoms with van der Waals surface area (Å²) in [4.78, 5) is 0. The Balaban J connectivity index is 3.91. The second-order valence-electron chi connectivity index (χ2n) is 1.95. The van der Waals surface area contributed by atoms with Crippen LogP contribution in [0, 0.1) is 0 Å². The number of hydrogen-bond acceptors (Lipinski definition) is 2. The van der Waals surface area contributed by atoms with E-state index in [4.69, 9.17) is 11.6 Å². The van der Waals surface area contributed by atoms with Crippen LogP contribution in [-0.4, -0.2) is 26.3 Å². The normalized spacial score (nSPS) is 11.3. The van der Waals surface area contributed by atoms with Crippen LogP contribution in [0.2, 0.25) is 0 Å². The maximum atomic E-state index is 10.5. The van der Waals surface area contributed by atoms with Crippen LogP contribution in [0.1, 0.15) is 0 Å². The van der Waals surface area contributed by atoms with Crippen molar-refractivity contribution >= 4 is 21.4 Å². The molecule has 0 saturated heterocycles. The van der Waals surface area contributed by atoms with Crippen molar-refractivity contribution < 1.29 is 8.42 Å². The number of rotatable bonds is 3. The lowest BCUT2D eigenvalue weighted by Gasteiger charge is -1.95.